The first kappa shape index (κ1) is 13.9. The van der Waals surface area contributed by atoms with Crippen LogP contribution in [0.15, 0.2) is 22.9 Å². The van der Waals surface area contributed by atoms with Crippen LogP contribution in [0.25, 0.3) is 5.52 Å². The van der Waals surface area contributed by atoms with E-state index >= 15 is 0 Å². The van der Waals surface area contributed by atoms with Crippen molar-refractivity contribution in [1.29, 1.82) is 0 Å². The Labute approximate surface area is 136 Å². The largest absolute Gasteiger partial charge is 0.444 e. The Morgan fingerprint density at radius 1 is 1.45 bits per heavy atom. The van der Waals surface area contributed by atoms with Crippen molar-refractivity contribution in [2.45, 2.75) is 37.8 Å². The predicted octanol–water partition coefficient (Wildman–Crippen LogP) is 2.77. The number of anilines is 1. The Kier molecular flexibility index (Phi) is 3.07. The summed E-state index contributed by atoms with van der Waals surface area (Å²) in [5.41, 5.74) is 7.63. The molecule has 2 aliphatic heterocycles. The van der Waals surface area contributed by atoms with Gasteiger partial charge in [0.05, 0.1) is 11.7 Å². The molecule has 1 amide bonds. The maximum absolute atomic E-state index is 12.0. The molecule has 6 nitrogen and oxygen atoms in total. The molecule has 2 aromatic rings. The third-order valence-electron chi connectivity index (χ3n) is 4.74. The van der Waals surface area contributed by atoms with Gasteiger partial charge >= 0.3 is 6.09 Å². The van der Waals surface area contributed by atoms with Gasteiger partial charge < -0.3 is 19.8 Å². The van der Waals surface area contributed by atoms with Gasteiger partial charge in [0.25, 0.3) is 0 Å². The molecule has 0 spiro atoms. The third kappa shape index (κ3) is 1.91. The zero-order valence-electron chi connectivity index (χ0n) is 12.2. The van der Waals surface area contributed by atoms with Crippen LogP contribution in [-0.2, 0) is 4.74 Å². The van der Waals surface area contributed by atoms with Crippen LogP contribution >= 0.6 is 15.9 Å². The van der Waals surface area contributed by atoms with Crippen LogP contribution in [0.3, 0.4) is 0 Å². The van der Waals surface area contributed by atoms with Crippen molar-refractivity contribution in [1.82, 2.24) is 14.3 Å². The van der Waals surface area contributed by atoms with Crippen LogP contribution in [-0.4, -0.2) is 39.1 Å². The number of nitrogens with two attached hydrogens (primary N) is 1. The van der Waals surface area contributed by atoms with E-state index in [1.807, 2.05) is 34.6 Å². The fourth-order valence-electron chi connectivity index (χ4n) is 3.64. The normalized spacial score (nSPS) is 28.0. The van der Waals surface area contributed by atoms with E-state index in [1.54, 1.807) is 0 Å². The first-order valence-corrected chi connectivity index (χ1v) is 8.24. The van der Waals surface area contributed by atoms with Crippen LogP contribution in [0, 0.1) is 0 Å². The van der Waals surface area contributed by atoms with Crippen LogP contribution in [0.1, 0.15) is 31.5 Å². The molecular formula is C15H17BrN4O2. The van der Waals surface area contributed by atoms with Crippen LogP contribution in [0.2, 0.25) is 0 Å². The molecule has 7 heteroatoms. The molecule has 0 aliphatic carbocycles. The lowest BCUT2D eigenvalue weighted by atomic mass is 9.91. The Bertz CT molecular complexity index is 759. The molecular weight excluding hydrogens is 348 g/mol. The van der Waals surface area contributed by atoms with Gasteiger partial charge in [0.15, 0.2) is 0 Å². The highest BCUT2D eigenvalue weighted by molar-refractivity contribution is 9.10. The Hall–Kier alpha value is -1.76. The van der Waals surface area contributed by atoms with Crippen molar-refractivity contribution >= 4 is 33.2 Å². The number of ether oxygens (including phenoxy) is 1. The number of nitrogens with zero attached hydrogens (tertiary/aromatic N) is 3. The Morgan fingerprint density at radius 2 is 2.27 bits per heavy atom. The Balaban J connectivity index is 1.72. The molecule has 0 radical (unpaired) electrons. The summed E-state index contributed by atoms with van der Waals surface area (Å²) in [4.78, 5) is 18.5. The second-order valence-corrected chi connectivity index (χ2v) is 6.78. The molecule has 0 aromatic carbocycles. The van der Waals surface area contributed by atoms with E-state index in [1.165, 1.54) is 0 Å². The SMILES string of the molecule is C[C@H]1OC(=O)N2C[C@H](c3nc(Br)c4c(N)cccn34)CC[C@@H]12. The molecule has 22 heavy (non-hydrogen) atoms. The number of cyclic esters (lactones) is 1. The van der Waals surface area contributed by atoms with Crippen LogP contribution < -0.4 is 5.73 Å². The van der Waals surface area contributed by atoms with Crippen molar-refractivity contribution in [3.8, 4) is 0 Å². The molecule has 2 fully saturated rings. The van der Waals surface area contributed by atoms with E-state index in [0.29, 0.717) is 12.2 Å². The number of piperidine rings is 1. The number of halogens is 1. The van der Waals surface area contributed by atoms with Gasteiger partial charge in [-0.05, 0) is 47.8 Å². The number of carbonyl (C=O) groups is 1. The lowest BCUT2D eigenvalue weighted by Gasteiger charge is -2.33. The number of rotatable bonds is 1. The second-order valence-electron chi connectivity index (χ2n) is 6.03. The number of aromatic nitrogens is 2. The quantitative estimate of drug-likeness (QED) is 0.844. The number of fused-ring (bicyclic) bond motifs is 2. The lowest BCUT2D eigenvalue weighted by molar-refractivity contribution is 0.137. The van der Waals surface area contributed by atoms with E-state index in [0.717, 1.165) is 28.8 Å². The number of imidazole rings is 1. The van der Waals surface area contributed by atoms with Crippen molar-refractivity contribution < 1.29 is 9.53 Å². The maximum atomic E-state index is 12.0. The number of amides is 1. The number of nitrogen functional groups attached to an aromatic ring is 1. The highest BCUT2D eigenvalue weighted by Crippen LogP contribution is 2.37. The van der Waals surface area contributed by atoms with Gasteiger partial charge in [-0.3, -0.25) is 0 Å². The second kappa shape index (κ2) is 4.87. The van der Waals surface area contributed by atoms with E-state index in [9.17, 15) is 4.79 Å². The summed E-state index contributed by atoms with van der Waals surface area (Å²) in [6, 6.07) is 3.98. The van der Waals surface area contributed by atoms with Gasteiger partial charge in [0, 0.05) is 18.7 Å². The van der Waals surface area contributed by atoms with Crippen LogP contribution in [0.5, 0.6) is 0 Å². The summed E-state index contributed by atoms with van der Waals surface area (Å²) >= 11 is 3.50. The van der Waals surface area contributed by atoms with Gasteiger partial charge in [-0.1, -0.05) is 0 Å². The monoisotopic (exact) mass is 364 g/mol. The van der Waals surface area contributed by atoms with Crippen LogP contribution in [0.4, 0.5) is 10.5 Å². The molecule has 2 aliphatic rings. The number of hydrogen-bond acceptors (Lipinski definition) is 4. The van der Waals surface area contributed by atoms with Gasteiger partial charge in [0.2, 0.25) is 0 Å². The van der Waals surface area contributed by atoms with Crippen molar-refractivity contribution in [3.05, 3.63) is 28.8 Å². The zero-order valence-corrected chi connectivity index (χ0v) is 13.8. The topological polar surface area (TPSA) is 72.9 Å². The maximum Gasteiger partial charge on any atom is 0.410 e. The van der Waals surface area contributed by atoms with Gasteiger partial charge in [0.1, 0.15) is 22.0 Å². The average Bonchev–Trinajstić information content (AvgIpc) is 2.98. The van der Waals surface area contributed by atoms with Crippen molar-refractivity contribution in [3.63, 3.8) is 0 Å². The van der Waals surface area contributed by atoms with E-state index < -0.39 is 0 Å². The molecule has 4 heterocycles. The summed E-state index contributed by atoms with van der Waals surface area (Å²) in [6.07, 6.45) is 3.67. The summed E-state index contributed by atoms with van der Waals surface area (Å²) in [5.74, 6) is 1.13. The molecule has 3 atom stereocenters. The molecule has 0 unspecified atom stereocenters. The zero-order chi connectivity index (χ0) is 15.4. The van der Waals surface area contributed by atoms with E-state index in [-0.39, 0.29) is 24.2 Å². The van der Waals surface area contributed by atoms with Crippen molar-refractivity contribution in [2.75, 3.05) is 12.3 Å². The molecule has 4 rings (SSSR count). The van der Waals surface area contributed by atoms with Gasteiger partial charge in [-0.25, -0.2) is 9.78 Å². The highest BCUT2D eigenvalue weighted by Gasteiger charge is 2.44. The first-order chi connectivity index (χ1) is 10.6. The summed E-state index contributed by atoms with van der Waals surface area (Å²) in [7, 11) is 0. The van der Waals surface area contributed by atoms with Gasteiger partial charge in [-0.15, -0.1) is 0 Å². The predicted molar refractivity (Wildman–Crippen MR) is 85.7 cm³/mol. The summed E-state index contributed by atoms with van der Waals surface area (Å²) < 4.78 is 8.11. The molecule has 0 saturated carbocycles. The number of hydrogen-bond donors (Lipinski definition) is 1. The highest BCUT2D eigenvalue weighted by atomic mass is 79.9. The average molecular weight is 365 g/mol. The first-order valence-electron chi connectivity index (χ1n) is 7.45. The molecule has 0 bridgehead atoms. The molecule has 2 N–H and O–H groups in total. The minimum Gasteiger partial charge on any atom is -0.444 e. The fraction of sp³-hybridized carbons (Fsp3) is 0.467. The fourth-order valence-corrected chi connectivity index (χ4v) is 4.24. The number of pyridine rings is 1. The van der Waals surface area contributed by atoms with Gasteiger partial charge in [-0.2, -0.15) is 0 Å². The third-order valence-corrected chi connectivity index (χ3v) is 5.29. The Morgan fingerprint density at radius 3 is 3.09 bits per heavy atom. The summed E-state index contributed by atoms with van der Waals surface area (Å²) in [6.45, 7) is 2.61. The smallest absolute Gasteiger partial charge is 0.410 e. The standard InChI is InChI=1S/C15H17BrN4O2/c1-8-11-5-4-9(7-20(11)15(21)22-8)14-18-13(16)12-10(17)3-2-6-19(12)14/h2-3,6,8-9,11H,4-5,7,17H2,1H3/t8-,9-,11+/m1/s1. The molecule has 2 saturated heterocycles. The van der Waals surface area contributed by atoms with E-state index in [2.05, 4.69) is 20.9 Å². The minimum absolute atomic E-state index is 0.0205. The minimum atomic E-state index is -0.207. The summed E-state index contributed by atoms with van der Waals surface area (Å²) in [5, 5.41) is 0. The lowest BCUT2D eigenvalue weighted by Crippen LogP contribution is -2.43. The van der Waals surface area contributed by atoms with Crippen molar-refractivity contribution in [2.24, 2.45) is 0 Å². The number of carbonyl (C=O) groups excluding carboxylic acids is 1. The van der Waals surface area contributed by atoms with E-state index in [4.69, 9.17) is 10.5 Å². The molecule has 2 aromatic heterocycles. The molecule has 116 valence electrons.